The zero-order valence-electron chi connectivity index (χ0n) is 15.3. The van der Waals surface area contributed by atoms with Crippen molar-refractivity contribution in [1.82, 2.24) is 4.90 Å². The molecule has 1 N–H and O–H groups in total. The molecule has 2 aromatic rings. The number of ketones is 1. The molecule has 1 fully saturated rings. The fraction of sp³-hybridized carbons (Fsp3) is 0.286. The maximum absolute atomic E-state index is 13.0. The molecular weight excluding hydrogens is 381 g/mol. The maximum Gasteiger partial charge on any atom is 0.238 e. The van der Waals surface area contributed by atoms with E-state index in [1.807, 2.05) is 11.8 Å². The first-order chi connectivity index (χ1) is 13.4. The first-order valence-corrected chi connectivity index (χ1v) is 9.48. The number of likely N-dealkylation sites (tertiary alicyclic amines) is 1. The van der Waals surface area contributed by atoms with Crippen LogP contribution in [0.4, 0.5) is 15.8 Å². The lowest BCUT2D eigenvalue weighted by Crippen LogP contribution is -2.47. The predicted molar refractivity (Wildman–Crippen MR) is 107 cm³/mol. The second-order valence-corrected chi connectivity index (χ2v) is 7.54. The van der Waals surface area contributed by atoms with Crippen LogP contribution < -0.4 is 5.32 Å². The molecular formula is C21H19ClFN3O2. The summed E-state index contributed by atoms with van der Waals surface area (Å²) in [5, 5.41) is 3.35. The molecule has 2 heterocycles. The number of nitrogens with one attached hydrogen (secondary N) is 1. The van der Waals surface area contributed by atoms with Gasteiger partial charge >= 0.3 is 0 Å². The largest absolute Gasteiger partial charge is 0.325 e. The lowest BCUT2D eigenvalue weighted by molar-refractivity contribution is -0.117. The van der Waals surface area contributed by atoms with Gasteiger partial charge in [0.25, 0.3) is 0 Å². The molecule has 5 nitrogen and oxygen atoms in total. The minimum absolute atomic E-state index is 0.0309. The number of benzene rings is 2. The Kier molecular flexibility index (Phi) is 5.00. The van der Waals surface area contributed by atoms with Crippen molar-refractivity contribution in [3.63, 3.8) is 0 Å². The summed E-state index contributed by atoms with van der Waals surface area (Å²) in [5.74, 6) is -0.851. The van der Waals surface area contributed by atoms with E-state index in [4.69, 9.17) is 16.6 Å². The van der Waals surface area contributed by atoms with Crippen LogP contribution in [-0.2, 0) is 4.79 Å². The van der Waals surface area contributed by atoms with E-state index in [-0.39, 0.29) is 30.0 Å². The molecule has 2 aliphatic heterocycles. The number of fused-ring (bicyclic) bond motifs is 2. The summed E-state index contributed by atoms with van der Waals surface area (Å²) < 4.78 is 13.0. The van der Waals surface area contributed by atoms with Gasteiger partial charge in [-0.1, -0.05) is 11.6 Å². The van der Waals surface area contributed by atoms with E-state index < -0.39 is 0 Å². The van der Waals surface area contributed by atoms with Crippen molar-refractivity contribution in [2.75, 3.05) is 25.0 Å². The summed E-state index contributed by atoms with van der Waals surface area (Å²) in [6.45, 7) is 3.14. The minimum Gasteiger partial charge on any atom is -0.325 e. The Labute approximate surface area is 167 Å². The van der Waals surface area contributed by atoms with Crippen LogP contribution in [0.3, 0.4) is 0 Å². The SMILES string of the molecule is Cc1c(Cl)ccc2c1N=C1CCN(CC(=O)Nc3ccc(F)cc3)CC1C2=O. The number of nitrogens with zero attached hydrogens (tertiary/aromatic N) is 2. The van der Waals surface area contributed by atoms with Crippen LogP contribution in [0, 0.1) is 18.7 Å². The molecule has 7 heteroatoms. The zero-order valence-corrected chi connectivity index (χ0v) is 16.1. The first kappa shape index (κ1) is 18.8. The molecule has 0 bridgehead atoms. The molecule has 0 radical (unpaired) electrons. The summed E-state index contributed by atoms with van der Waals surface area (Å²) >= 11 is 6.17. The molecule has 0 aromatic heterocycles. The third kappa shape index (κ3) is 3.57. The van der Waals surface area contributed by atoms with Crippen molar-refractivity contribution in [2.45, 2.75) is 13.3 Å². The summed E-state index contributed by atoms with van der Waals surface area (Å²) in [6.07, 6.45) is 0.631. The molecule has 28 heavy (non-hydrogen) atoms. The van der Waals surface area contributed by atoms with E-state index in [1.165, 1.54) is 24.3 Å². The molecule has 1 saturated heterocycles. The number of rotatable bonds is 3. The van der Waals surface area contributed by atoms with Gasteiger partial charge in [0, 0.05) is 35.1 Å². The van der Waals surface area contributed by atoms with Gasteiger partial charge in [0.15, 0.2) is 5.78 Å². The highest BCUT2D eigenvalue weighted by atomic mass is 35.5. The molecule has 144 valence electrons. The van der Waals surface area contributed by atoms with Crippen LogP contribution in [0.25, 0.3) is 0 Å². The van der Waals surface area contributed by atoms with Gasteiger partial charge in [-0.05, 0) is 55.3 Å². The Morgan fingerprint density at radius 1 is 1.29 bits per heavy atom. The van der Waals surface area contributed by atoms with Gasteiger partial charge in [0.05, 0.1) is 18.2 Å². The second-order valence-electron chi connectivity index (χ2n) is 7.13. The highest BCUT2D eigenvalue weighted by molar-refractivity contribution is 6.32. The number of Topliss-reactive ketones (excluding diaryl/α,β-unsaturated/α-hetero) is 1. The number of hydrogen-bond donors (Lipinski definition) is 1. The van der Waals surface area contributed by atoms with Crippen LogP contribution in [0.5, 0.6) is 0 Å². The highest BCUT2D eigenvalue weighted by Gasteiger charge is 2.36. The van der Waals surface area contributed by atoms with Crippen molar-refractivity contribution in [3.05, 3.63) is 58.4 Å². The Bertz CT molecular complexity index is 988. The number of carbonyl (C=O) groups excluding carboxylic acids is 2. The minimum atomic E-state index is -0.353. The van der Waals surface area contributed by atoms with Crippen molar-refractivity contribution in [1.29, 1.82) is 0 Å². The Morgan fingerprint density at radius 2 is 2.04 bits per heavy atom. The molecule has 1 atom stereocenters. The number of aliphatic imine (C=N–C) groups is 1. The lowest BCUT2D eigenvalue weighted by Gasteiger charge is -2.35. The number of carbonyl (C=O) groups is 2. The van der Waals surface area contributed by atoms with E-state index >= 15 is 0 Å². The van der Waals surface area contributed by atoms with Crippen molar-refractivity contribution in [3.8, 4) is 0 Å². The monoisotopic (exact) mass is 399 g/mol. The fourth-order valence-corrected chi connectivity index (χ4v) is 3.85. The van der Waals surface area contributed by atoms with E-state index in [9.17, 15) is 14.0 Å². The fourth-order valence-electron chi connectivity index (χ4n) is 3.70. The van der Waals surface area contributed by atoms with Gasteiger partial charge in [-0.25, -0.2) is 4.39 Å². The van der Waals surface area contributed by atoms with Gasteiger partial charge in [0.1, 0.15) is 5.82 Å². The van der Waals surface area contributed by atoms with Gasteiger partial charge < -0.3 is 5.32 Å². The third-order valence-electron chi connectivity index (χ3n) is 5.22. The van der Waals surface area contributed by atoms with E-state index in [0.29, 0.717) is 41.5 Å². The molecule has 0 aliphatic carbocycles. The van der Waals surface area contributed by atoms with Gasteiger partial charge in [-0.3, -0.25) is 19.5 Å². The van der Waals surface area contributed by atoms with Crippen molar-refractivity contribution < 1.29 is 14.0 Å². The summed E-state index contributed by atoms with van der Waals surface area (Å²) in [4.78, 5) is 32.0. The first-order valence-electron chi connectivity index (χ1n) is 9.11. The summed E-state index contributed by atoms with van der Waals surface area (Å²) in [6, 6.07) is 9.09. The number of hydrogen-bond acceptors (Lipinski definition) is 4. The van der Waals surface area contributed by atoms with Crippen LogP contribution in [0.1, 0.15) is 22.3 Å². The number of anilines is 1. The number of piperidine rings is 1. The normalized spacial score (nSPS) is 18.9. The third-order valence-corrected chi connectivity index (χ3v) is 5.63. The zero-order chi connectivity index (χ0) is 19.8. The number of amides is 1. The average molecular weight is 400 g/mol. The Morgan fingerprint density at radius 3 is 2.79 bits per heavy atom. The lowest BCUT2D eigenvalue weighted by atomic mass is 9.84. The van der Waals surface area contributed by atoms with Crippen LogP contribution in [-0.4, -0.2) is 41.9 Å². The maximum atomic E-state index is 13.0. The van der Waals surface area contributed by atoms with Crippen LogP contribution in [0.15, 0.2) is 41.4 Å². The van der Waals surface area contributed by atoms with Gasteiger partial charge in [0.2, 0.25) is 5.91 Å². The Balaban J connectivity index is 1.45. The van der Waals surface area contributed by atoms with Crippen LogP contribution >= 0.6 is 11.6 Å². The molecule has 0 spiro atoms. The molecule has 1 amide bonds. The molecule has 2 aliphatic rings. The summed E-state index contributed by atoms with van der Waals surface area (Å²) in [5.41, 5.74) is 3.48. The standard InChI is InChI=1S/C21H19ClFN3O2/c1-12-17(22)7-6-15-20(12)25-18-8-9-26(10-16(18)21(15)28)11-19(27)24-14-4-2-13(23)3-5-14/h2-7,16H,8-11H2,1H3,(H,24,27). The molecule has 0 saturated carbocycles. The highest BCUT2D eigenvalue weighted by Crippen LogP contribution is 2.37. The van der Waals surface area contributed by atoms with E-state index in [2.05, 4.69) is 5.32 Å². The van der Waals surface area contributed by atoms with E-state index in [0.717, 1.165) is 11.3 Å². The topological polar surface area (TPSA) is 61.8 Å². The number of halogens is 2. The molecule has 2 aromatic carbocycles. The van der Waals surface area contributed by atoms with Gasteiger partial charge in [-0.2, -0.15) is 0 Å². The Hall–Kier alpha value is -2.57. The van der Waals surface area contributed by atoms with Crippen molar-refractivity contribution >= 4 is 40.4 Å². The second kappa shape index (κ2) is 7.45. The van der Waals surface area contributed by atoms with Crippen LogP contribution in [0.2, 0.25) is 5.02 Å². The molecule has 4 rings (SSSR count). The average Bonchev–Trinajstić information content (AvgIpc) is 2.67. The van der Waals surface area contributed by atoms with Gasteiger partial charge in [-0.15, -0.1) is 0 Å². The van der Waals surface area contributed by atoms with Crippen molar-refractivity contribution in [2.24, 2.45) is 10.9 Å². The molecule has 1 unspecified atom stereocenters. The summed E-state index contributed by atoms with van der Waals surface area (Å²) in [7, 11) is 0. The van der Waals surface area contributed by atoms with E-state index in [1.54, 1.807) is 12.1 Å². The predicted octanol–water partition coefficient (Wildman–Crippen LogP) is 4.02. The quantitative estimate of drug-likeness (QED) is 0.848. The smallest absolute Gasteiger partial charge is 0.238 e.